The first kappa shape index (κ1) is 15.5. The molecule has 1 amide bonds. The van der Waals surface area contributed by atoms with E-state index in [2.05, 4.69) is 15.2 Å². The van der Waals surface area contributed by atoms with Gasteiger partial charge in [-0.05, 0) is 44.4 Å². The van der Waals surface area contributed by atoms with Gasteiger partial charge in [-0.15, -0.1) is 0 Å². The third kappa shape index (κ3) is 3.21. The third-order valence-corrected chi connectivity index (χ3v) is 4.27. The maximum absolute atomic E-state index is 12.9. The summed E-state index contributed by atoms with van der Waals surface area (Å²) in [4.78, 5) is 19.0. The number of amides is 1. The fourth-order valence-corrected chi connectivity index (χ4v) is 3.14. The van der Waals surface area contributed by atoms with E-state index in [-0.39, 0.29) is 5.91 Å². The second kappa shape index (κ2) is 6.81. The Hall–Kier alpha value is -2.37. The van der Waals surface area contributed by atoms with Gasteiger partial charge in [0.2, 0.25) is 5.88 Å². The maximum Gasteiger partial charge on any atom is 0.259 e. The van der Waals surface area contributed by atoms with Crippen molar-refractivity contribution in [3.63, 3.8) is 0 Å². The van der Waals surface area contributed by atoms with Crippen LogP contribution >= 0.6 is 0 Å². The molecule has 1 fully saturated rings. The van der Waals surface area contributed by atoms with Crippen LogP contribution < -0.4 is 4.74 Å². The summed E-state index contributed by atoms with van der Waals surface area (Å²) < 4.78 is 5.49. The molecule has 1 N–H and O–H groups in total. The van der Waals surface area contributed by atoms with Crippen LogP contribution in [0.25, 0.3) is 0 Å². The number of carbonyl (C=O) groups excluding carboxylic acids is 1. The second-order valence-corrected chi connectivity index (χ2v) is 5.85. The van der Waals surface area contributed by atoms with E-state index in [0.717, 1.165) is 30.6 Å². The van der Waals surface area contributed by atoms with Gasteiger partial charge in [0, 0.05) is 30.9 Å². The fraction of sp³-hybridized carbons (Fsp3) is 0.471. The normalized spacial score (nSPS) is 18.0. The van der Waals surface area contributed by atoms with Crippen molar-refractivity contribution >= 4 is 5.91 Å². The molecule has 23 heavy (non-hydrogen) atoms. The zero-order valence-corrected chi connectivity index (χ0v) is 13.6. The summed E-state index contributed by atoms with van der Waals surface area (Å²) in [6.45, 7) is 5.90. The van der Waals surface area contributed by atoms with Crippen LogP contribution in [0.2, 0.25) is 0 Å². The Morgan fingerprint density at radius 1 is 1.52 bits per heavy atom. The minimum absolute atomic E-state index is 0.0107. The zero-order chi connectivity index (χ0) is 16.2. The van der Waals surface area contributed by atoms with Gasteiger partial charge in [-0.25, -0.2) is 4.98 Å². The lowest BCUT2D eigenvalue weighted by Crippen LogP contribution is -2.39. The number of aryl methyl sites for hydroxylation is 1. The standard InChI is InChI=1S/C17H22N4O2/c1-3-23-16-14(7-4-8-18-16)17(22)21-9-5-6-13(11-21)15-12(2)10-19-20-15/h4,7-8,10,13H,3,5-6,9,11H2,1-2H3,(H,19,20)/t13-/m1/s1. The Balaban J connectivity index is 1.79. The van der Waals surface area contributed by atoms with E-state index in [0.29, 0.717) is 30.5 Å². The summed E-state index contributed by atoms with van der Waals surface area (Å²) in [5.41, 5.74) is 2.83. The van der Waals surface area contributed by atoms with Crippen molar-refractivity contribution < 1.29 is 9.53 Å². The quantitative estimate of drug-likeness (QED) is 0.941. The molecule has 3 rings (SSSR count). The summed E-state index contributed by atoms with van der Waals surface area (Å²) in [6, 6.07) is 3.56. The molecule has 1 atom stereocenters. The van der Waals surface area contributed by atoms with Gasteiger partial charge in [0.15, 0.2) is 0 Å². The molecular formula is C17H22N4O2. The number of H-pyrrole nitrogens is 1. The van der Waals surface area contributed by atoms with Gasteiger partial charge in [-0.1, -0.05) is 0 Å². The van der Waals surface area contributed by atoms with Crippen LogP contribution in [0.5, 0.6) is 5.88 Å². The molecule has 0 radical (unpaired) electrons. The topological polar surface area (TPSA) is 71.1 Å². The van der Waals surface area contributed by atoms with Crippen LogP contribution in [-0.2, 0) is 0 Å². The summed E-state index contributed by atoms with van der Waals surface area (Å²) in [5, 5.41) is 7.19. The van der Waals surface area contributed by atoms with Crippen LogP contribution in [0.3, 0.4) is 0 Å². The fourth-order valence-electron chi connectivity index (χ4n) is 3.14. The number of likely N-dealkylation sites (tertiary alicyclic amines) is 1. The van der Waals surface area contributed by atoms with E-state index in [4.69, 9.17) is 4.74 Å². The number of carbonyl (C=O) groups is 1. The van der Waals surface area contributed by atoms with Crippen LogP contribution in [0.1, 0.15) is 47.3 Å². The number of hydrogen-bond acceptors (Lipinski definition) is 4. The Labute approximate surface area is 135 Å². The van der Waals surface area contributed by atoms with Gasteiger partial charge in [0.25, 0.3) is 5.91 Å². The lowest BCUT2D eigenvalue weighted by Gasteiger charge is -2.32. The molecule has 0 spiro atoms. The van der Waals surface area contributed by atoms with Crippen molar-refractivity contribution in [2.24, 2.45) is 0 Å². The number of aromatic nitrogens is 3. The van der Waals surface area contributed by atoms with E-state index in [1.165, 1.54) is 0 Å². The molecule has 0 aromatic carbocycles. The van der Waals surface area contributed by atoms with Crippen molar-refractivity contribution in [2.45, 2.75) is 32.6 Å². The van der Waals surface area contributed by atoms with Gasteiger partial charge < -0.3 is 9.64 Å². The molecule has 0 unspecified atom stereocenters. The largest absolute Gasteiger partial charge is 0.477 e. The molecule has 3 heterocycles. The van der Waals surface area contributed by atoms with Crippen molar-refractivity contribution in [2.75, 3.05) is 19.7 Å². The lowest BCUT2D eigenvalue weighted by molar-refractivity contribution is 0.0700. The molecule has 2 aromatic rings. The molecule has 0 aliphatic carbocycles. The van der Waals surface area contributed by atoms with Crippen LogP contribution in [-0.4, -0.2) is 45.7 Å². The monoisotopic (exact) mass is 314 g/mol. The van der Waals surface area contributed by atoms with Gasteiger partial charge >= 0.3 is 0 Å². The predicted molar refractivity (Wildman–Crippen MR) is 86.6 cm³/mol. The third-order valence-electron chi connectivity index (χ3n) is 4.27. The molecule has 6 heteroatoms. The number of aromatic amines is 1. The summed E-state index contributed by atoms with van der Waals surface area (Å²) >= 11 is 0. The second-order valence-electron chi connectivity index (χ2n) is 5.85. The number of ether oxygens (including phenoxy) is 1. The van der Waals surface area contributed by atoms with Crippen LogP contribution in [0, 0.1) is 6.92 Å². The van der Waals surface area contributed by atoms with Gasteiger partial charge in [-0.2, -0.15) is 5.10 Å². The molecule has 0 saturated carbocycles. The smallest absolute Gasteiger partial charge is 0.259 e. The number of rotatable bonds is 4. The van der Waals surface area contributed by atoms with Crippen molar-refractivity contribution in [1.82, 2.24) is 20.1 Å². The van der Waals surface area contributed by atoms with E-state index in [9.17, 15) is 4.79 Å². The highest BCUT2D eigenvalue weighted by Crippen LogP contribution is 2.29. The molecule has 1 aliphatic rings. The predicted octanol–water partition coefficient (Wildman–Crippen LogP) is 2.53. The average Bonchev–Trinajstić information content (AvgIpc) is 3.01. The van der Waals surface area contributed by atoms with E-state index < -0.39 is 0 Å². The van der Waals surface area contributed by atoms with Crippen LogP contribution in [0.15, 0.2) is 24.5 Å². The summed E-state index contributed by atoms with van der Waals surface area (Å²) in [7, 11) is 0. The molecule has 1 aliphatic heterocycles. The molecule has 0 bridgehead atoms. The van der Waals surface area contributed by atoms with Gasteiger partial charge in [0.1, 0.15) is 5.56 Å². The number of hydrogen-bond donors (Lipinski definition) is 1. The van der Waals surface area contributed by atoms with E-state index >= 15 is 0 Å². The first-order valence-corrected chi connectivity index (χ1v) is 8.07. The highest BCUT2D eigenvalue weighted by molar-refractivity contribution is 5.96. The Morgan fingerprint density at radius 3 is 3.13 bits per heavy atom. The molecular weight excluding hydrogens is 292 g/mol. The number of nitrogens with one attached hydrogen (secondary N) is 1. The van der Waals surface area contributed by atoms with Crippen LogP contribution in [0.4, 0.5) is 0 Å². The molecule has 2 aromatic heterocycles. The molecule has 122 valence electrons. The highest BCUT2D eigenvalue weighted by atomic mass is 16.5. The summed E-state index contributed by atoms with van der Waals surface area (Å²) in [6.07, 6.45) is 5.54. The van der Waals surface area contributed by atoms with Crippen molar-refractivity contribution in [3.8, 4) is 5.88 Å². The first-order valence-electron chi connectivity index (χ1n) is 8.07. The SMILES string of the molecule is CCOc1ncccc1C(=O)N1CCC[C@@H](c2[nH]ncc2C)C1. The van der Waals surface area contributed by atoms with E-state index in [1.54, 1.807) is 18.3 Å². The summed E-state index contributed by atoms with van der Waals surface area (Å²) in [5.74, 6) is 0.714. The lowest BCUT2D eigenvalue weighted by atomic mass is 9.92. The Morgan fingerprint density at radius 2 is 2.39 bits per heavy atom. The molecule has 6 nitrogen and oxygen atoms in total. The minimum Gasteiger partial charge on any atom is -0.477 e. The van der Waals surface area contributed by atoms with Gasteiger partial charge in [0.05, 0.1) is 12.8 Å². The Bertz CT molecular complexity index is 683. The minimum atomic E-state index is -0.0107. The van der Waals surface area contributed by atoms with Crippen molar-refractivity contribution in [1.29, 1.82) is 0 Å². The average molecular weight is 314 g/mol. The Kier molecular flexibility index (Phi) is 4.60. The maximum atomic E-state index is 12.9. The van der Waals surface area contributed by atoms with Gasteiger partial charge in [-0.3, -0.25) is 9.89 Å². The number of piperidine rings is 1. The first-order chi connectivity index (χ1) is 11.2. The number of pyridine rings is 1. The highest BCUT2D eigenvalue weighted by Gasteiger charge is 2.28. The van der Waals surface area contributed by atoms with Crippen molar-refractivity contribution in [3.05, 3.63) is 41.3 Å². The number of nitrogens with zero attached hydrogens (tertiary/aromatic N) is 3. The molecule has 1 saturated heterocycles. The zero-order valence-electron chi connectivity index (χ0n) is 13.6. The van der Waals surface area contributed by atoms with E-state index in [1.807, 2.05) is 24.9 Å².